The fourth-order valence-electron chi connectivity index (χ4n) is 3.21. The van der Waals surface area contributed by atoms with Crippen LogP contribution in [0.3, 0.4) is 0 Å². The van der Waals surface area contributed by atoms with E-state index in [1.165, 1.54) is 0 Å². The molecule has 2 heterocycles. The van der Waals surface area contributed by atoms with Gasteiger partial charge in [-0.25, -0.2) is 5.01 Å². The van der Waals surface area contributed by atoms with E-state index in [1.54, 1.807) is 36.6 Å². The van der Waals surface area contributed by atoms with Crippen molar-refractivity contribution in [1.29, 1.82) is 0 Å². The highest BCUT2D eigenvalue weighted by molar-refractivity contribution is 6.05. The molecule has 2 aromatic carbocycles. The van der Waals surface area contributed by atoms with E-state index >= 15 is 0 Å². The van der Waals surface area contributed by atoms with E-state index < -0.39 is 0 Å². The number of methoxy groups -OCH3 is 1. The highest BCUT2D eigenvalue weighted by Crippen LogP contribution is 2.34. The van der Waals surface area contributed by atoms with Gasteiger partial charge in [-0.05, 0) is 47.5 Å². The number of rotatable bonds is 4. The van der Waals surface area contributed by atoms with Crippen LogP contribution in [0.2, 0.25) is 0 Å². The number of hydrazone groups is 1. The van der Waals surface area contributed by atoms with Gasteiger partial charge in [0.2, 0.25) is 0 Å². The maximum Gasteiger partial charge on any atom is 0.276 e. The van der Waals surface area contributed by atoms with Crippen molar-refractivity contribution in [1.82, 2.24) is 9.99 Å². The van der Waals surface area contributed by atoms with Crippen molar-refractivity contribution in [2.24, 2.45) is 5.10 Å². The minimum absolute atomic E-state index is 0.143. The summed E-state index contributed by atoms with van der Waals surface area (Å²) in [5.74, 6) is 0.640. The highest BCUT2D eigenvalue weighted by Gasteiger charge is 2.33. The van der Waals surface area contributed by atoms with Gasteiger partial charge in [0, 0.05) is 18.8 Å². The van der Waals surface area contributed by atoms with Crippen molar-refractivity contribution in [2.75, 3.05) is 7.11 Å². The molecule has 27 heavy (non-hydrogen) atoms. The minimum Gasteiger partial charge on any atom is -0.497 e. The standard InChI is InChI=1S/C22H19N3O2/c1-27-19-11-9-16(10-12-19)20-14-21(17-6-3-2-4-7-17)25(24-20)22(26)18-8-5-13-23-15-18/h2-13,15,21H,14H2,1H3/t21-/m1/s1. The molecule has 134 valence electrons. The van der Waals surface area contributed by atoms with Gasteiger partial charge in [-0.3, -0.25) is 9.78 Å². The fraction of sp³-hybridized carbons (Fsp3) is 0.136. The zero-order valence-corrected chi connectivity index (χ0v) is 14.9. The van der Waals surface area contributed by atoms with E-state index in [9.17, 15) is 4.79 Å². The van der Waals surface area contributed by atoms with Crippen LogP contribution < -0.4 is 4.74 Å². The summed E-state index contributed by atoms with van der Waals surface area (Å²) >= 11 is 0. The van der Waals surface area contributed by atoms with Crippen LogP contribution in [-0.2, 0) is 0 Å². The number of carbonyl (C=O) groups is 1. The zero-order chi connectivity index (χ0) is 18.6. The molecule has 0 radical (unpaired) electrons. The predicted octanol–water partition coefficient (Wildman–Crippen LogP) is 4.08. The van der Waals surface area contributed by atoms with Crippen LogP contribution in [0.5, 0.6) is 5.75 Å². The summed E-state index contributed by atoms with van der Waals surface area (Å²) in [6.45, 7) is 0. The maximum absolute atomic E-state index is 13.1. The Hall–Kier alpha value is -3.47. The molecular weight excluding hydrogens is 338 g/mol. The summed E-state index contributed by atoms with van der Waals surface area (Å²) in [5, 5.41) is 6.26. The van der Waals surface area contributed by atoms with Crippen LogP contribution in [0.4, 0.5) is 0 Å². The average molecular weight is 357 g/mol. The second-order valence-corrected chi connectivity index (χ2v) is 6.30. The molecule has 0 fully saturated rings. The quantitative estimate of drug-likeness (QED) is 0.707. The lowest BCUT2D eigenvalue weighted by Gasteiger charge is -2.21. The van der Waals surface area contributed by atoms with Gasteiger partial charge >= 0.3 is 0 Å². The maximum atomic E-state index is 13.1. The third-order valence-corrected chi connectivity index (χ3v) is 4.63. The SMILES string of the molecule is COc1ccc(C2=NN(C(=O)c3cccnc3)[C@@H](c3ccccc3)C2)cc1. The molecule has 0 aliphatic carbocycles. The smallest absolute Gasteiger partial charge is 0.276 e. The number of hydrogen-bond acceptors (Lipinski definition) is 4. The normalized spacial score (nSPS) is 16.1. The van der Waals surface area contributed by atoms with Crippen LogP contribution in [0, 0.1) is 0 Å². The monoisotopic (exact) mass is 357 g/mol. The van der Waals surface area contributed by atoms with Crippen LogP contribution in [0.1, 0.15) is 33.9 Å². The predicted molar refractivity (Wildman–Crippen MR) is 104 cm³/mol. The summed E-state index contributed by atoms with van der Waals surface area (Å²) in [6, 6.07) is 21.1. The Balaban J connectivity index is 1.70. The Morgan fingerprint density at radius 2 is 1.81 bits per heavy atom. The van der Waals surface area contributed by atoms with Crippen molar-refractivity contribution in [3.05, 3.63) is 95.8 Å². The second kappa shape index (κ2) is 7.41. The average Bonchev–Trinajstić information content (AvgIpc) is 3.20. The molecule has 0 saturated heterocycles. The molecule has 5 heteroatoms. The molecule has 5 nitrogen and oxygen atoms in total. The third-order valence-electron chi connectivity index (χ3n) is 4.63. The second-order valence-electron chi connectivity index (χ2n) is 6.30. The first-order valence-electron chi connectivity index (χ1n) is 8.76. The largest absolute Gasteiger partial charge is 0.497 e. The lowest BCUT2D eigenvalue weighted by atomic mass is 9.98. The lowest BCUT2D eigenvalue weighted by molar-refractivity contribution is 0.0711. The molecule has 0 unspecified atom stereocenters. The van der Waals surface area contributed by atoms with Crippen LogP contribution in [0.15, 0.2) is 84.2 Å². The van der Waals surface area contributed by atoms with E-state index in [0.717, 1.165) is 22.6 Å². The molecule has 1 amide bonds. The lowest BCUT2D eigenvalue weighted by Crippen LogP contribution is -2.27. The molecule has 3 aromatic rings. The summed E-state index contributed by atoms with van der Waals surface area (Å²) < 4.78 is 5.23. The first kappa shape index (κ1) is 17.0. The Labute approximate surface area is 157 Å². The van der Waals surface area contributed by atoms with Gasteiger partial charge < -0.3 is 4.74 Å². The van der Waals surface area contributed by atoms with Gasteiger partial charge in [0.25, 0.3) is 5.91 Å². The van der Waals surface area contributed by atoms with Crippen molar-refractivity contribution < 1.29 is 9.53 Å². The van der Waals surface area contributed by atoms with E-state index in [1.807, 2.05) is 54.6 Å². The van der Waals surface area contributed by atoms with Crippen molar-refractivity contribution >= 4 is 11.6 Å². The number of aromatic nitrogens is 1. The molecule has 0 saturated carbocycles. The van der Waals surface area contributed by atoms with Crippen molar-refractivity contribution in [2.45, 2.75) is 12.5 Å². The molecule has 4 rings (SSSR count). The number of hydrogen-bond donors (Lipinski definition) is 0. The summed E-state index contributed by atoms with van der Waals surface area (Å²) in [7, 11) is 1.64. The molecule has 0 spiro atoms. The fourth-order valence-corrected chi connectivity index (χ4v) is 3.21. The van der Waals surface area contributed by atoms with Crippen LogP contribution in [-0.4, -0.2) is 28.7 Å². The number of nitrogens with zero attached hydrogens (tertiary/aromatic N) is 3. The van der Waals surface area contributed by atoms with Gasteiger partial charge in [0.1, 0.15) is 5.75 Å². The Morgan fingerprint density at radius 1 is 1.04 bits per heavy atom. The number of ether oxygens (including phenoxy) is 1. The summed E-state index contributed by atoms with van der Waals surface area (Å²) in [4.78, 5) is 17.1. The Bertz CT molecular complexity index is 954. The van der Waals surface area contributed by atoms with Crippen molar-refractivity contribution in [3.8, 4) is 5.75 Å². The Morgan fingerprint density at radius 3 is 2.48 bits per heavy atom. The summed E-state index contributed by atoms with van der Waals surface area (Å²) in [5.41, 5.74) is 3.45. The summed E-state index contributed by atoms with van der Waals surface area (Å²) in [6.07, 6.45) is 3.88. The van der Waals surface area contributed by atoms with Crippen LogP contribution >= 0.6 is 0 Å². The zero-order valence-electron chi connectivity index (χ0n) is 14.9. The molecule has 1 aliphatic heterocycles. The van der Waals surface area contributed by atoms with Crippen molar-refractivity contribution in [3.63, 3.8) is 0 Å². The minimum atomic E-state index is -0.152. The van der Waals surface area contributed by atoms with Gasteiger partial charge in [-0.1, -0.05) is 30.3 Å². The highest BCUT2D eigenvalue weighted by atomic mass is 16.5. The molecule has 0 bridgehead atoms. The molecular formula is C22H19N3O2. The first-order valence-corrected chi connectivity index (χ1v) is 8.76. The molecule has 1 aliphatic rings. The van der Waals surface area contributed by atoms with E-state index in [0.29, 0.717) is 12.0 Å². The number of carbonyl (C=O) groups excluding carboxylic acids is 1. The van der Waals surface area contributed by atoms with E-state index in [4.69, 9.17) is 4.74 Å². The number of benzene rings is 2. The first-order chi connectivity index (χ1) is 13.3. The van der Waals surface area contributed by atoms with Crippen LogP contribution in [0.25, 0.3) is 0 Å². The molecule has 1 aromatic heterocycles. The topological polar surface area (TPSA) is 54.8 Å². The van der Waals surface area contributed by atoms with Gasteiger partial charge in [0.15, 0.2) is 0 Å². The number of pyridine rings is 1. The number of amides is 1. The van der Waals surface area contributed by atoms with E-state index in [-0.39, 0.29) is 11.9 Å². The van der Waals surface area contributed by atoms with Gasteiger partial charge in [-0.2, -0.15) is 5.10 Å². The van der Waals surface area contributed by atoms with E-state index in [2.05, 4.69) is 10.1 Å². The molecule has 0 N–H and O–H groups in total. The van der Waals surface area contributed by atoms with Gasteiger partial charge in [0.05, 0.1) is 24.4 Å². The van der Waals surface area contributed by atoms with Gasteiger partial charge in [-0.15, -0.1) is 0 Å². The third kappa shape index (κ3) is 3.44. The Kier molecular flexibility index (Phi) is 4.66. The molecule has 1 atom stereocenters.